The van der Waals surface area contributed by atoms with E-state index in [4.69, 9.17) is 0 Å². The molecular formula is C20H18F4N4O2. The van der Waals surface area contributed by atoms with Crippen LogP contribution in [0.5, 0.6) is 0 Å². The molecule has 0 saturated carbocycles. The second kappa shape index (κ2) is 8.52. The Bertz CT molecular complexity index is 1160. The third-order valence-electron chi connectivity index (χ3n) is 4.44. The van der Waals surface area contributed by atoms with Gasteiger partial charge in [-0.15, -0.1) is 0 Å². The summed E-state index contributed by atoms with van der Waals surface area (Å²) in [6.07, 6.45) is -0.442. The number of nitrogens with zero attached hydrogens (tertiary/aromatic N) is 3. The Morgan fingerprint density at radius 2 is 1.60 bits per heavy atom. The molecule has 158 valence electrons. The van der Waals surface area contributed by atoms with Gasteiger partial charge in [-0.25, -0.2) is 22.5 Å². The number of hydrogen-bond acceptors (Lipinski definition) is 4. The van der Waals surface area contributed by atoms with Crippen LogP contribution in [0.2, 0.25) is 0 Å². The maximum Gasteiger partial charge on any atom is 0.284 e. The number of benzene rings is 2. The molecule has 1 amide bonds. The topological polar surface area (TPSA) is 67.2 Å². The van der Waals surface area contributed by atoms with Crippen LogP contribution in [0.15, 0.2) is 35.1 Å². The van der Waals surface area contributed by atoms with E-state index >= 15 is 0 Å². The van der Waals surface area contributed by atoms with Gasteiger partial charge in [0.2, 0.25) is 11.9 Å². The van der Waals surface area contributed by atoms with Crippen LogP contribution in [0, 0.1) is 23.3 Å². The van der Waals surface area contributed by atoms with E-state index in [1.165, 1.54) is 0 Å². The lowest BCUT2D eigenvalue weighted by atomic mass is 10.1. The SMILES string of the molecule is CCN(CC)c1nc2cc(F)cc(F)c2c(=O)n1NC(=O)Cc1cc(F)cc(F)c1. The van der Waals surface area contributed by atoms with Crippen molar-refractivity contribution >= 4 is 22.8 Å². The van der Waals surface area contributed by atoms with Crippen LogP contribution in [0.1, 0.15) is 19.4 Å². The first kappa shape index (κ1) is 21.3. The van der Waals surface area contributed by atoms with Gasteiger partial charge in [-0.2, -0.15) is 4.68 Å². The van der Waals surface area contributed by atoms with E-state index in [1.54, 1.807) is 18.7 Å². The van der Waals surface area contributed by atoms with Crippen molar-refractivity contribution in [3.63, 3.8) is 0 Å². The highest BCUT2D eigenvalue weighted by atomic mass is 19.1. The highest BCUT2D eigenvalue weighted by Crippen LogP contribution is 2.18. The first-order chi connectivity index (χ1) is 14.2. The van der Waals surface area contributed by atoms with Crippen LogP contribution in [0.25, 0.3) is 10.9 Å². The van der Waals surface area contributed by atoms with E-state index in [9.17, 15) is 27.2 Å². The average molecular weight is 422 g/mol. The molecule has 2 aromatic carbocycles. The Balaban J connectivity index is 2.08. The van der Waals surface area contributed by atoms with Gasteiger partial charge in [0.25, 0.3) is 5.56 Å². The van der Waals surface area contributed by atoms with Gasteiger partial charge in [0.05, 0.1) is 11.9 Å². The fraction of sp³-hybridized carbons (Fsp3) is 0.250. The lowest BCUT2D eigenvalue weighted by Crippen LogP contribution is -2.40. The Morgan fingerprint density at radius 3 is 2.20 bits per heavy atom. The number of aromatic nitrogens is 2. The fourth-order valence-electron chi connectivity index (χ4n) is 3.10. The predicted octanol–water partition coefficient (Wildman–Crippen LogP) is 3.11. The molecule has 6 nitrogen and oxygen atoms in total. The summed E-state index contributed by atoms with van der Waals surface area (Å²) in [5.41, 5.74) is 1.21. The second-order valence-corrected chi connectivity index (χ2v) is 6.50. The smallest absolute Gasteiger partial charge is 0.284 e. The maximum atomic E-state index is 14.3. The molecule has 0 saturated heterocycles. The number of rotatable bonds is 6. The number of nitrogens with one attached hydrogen (secondary N) is 1. The van der Waals surface area contributed by atoms with Crippen LogP contribution >= 0.6 is 0 Å². The molecule has 10 heteroatoms. The van der Waals surface area contributed by atoms with Gasteiger partial charge in [0.1, 0.15) is 28.7 Å². The third kappa shape index (κ3) is 4.27. The van der Waals surface area contributed by atoms with Crippen LogP contribution in [-0.2, 0) is 11.2 Å². The molecule has 3 rings (SSSR count). The Morgan fingerprint density at radius 1 is 1.00 bits per heavy atom. The molecule has 0 atom stereocenters. The number of carbonyl (C=O) groups is 1. The molecule has 1 heterocycles. The zero-order valence-corrected chi connectivity index (χ0v) is 16.2. The molecule has 0 aliphatic heterocycles. The van der Waals surface area contributed by atoms with E-state index in [1.807, 2.05) is 0 Å². The van der Waals surface area contributed by atoms with Crippen molar-refractivity contribution in [1.29, 1.82) is 0 Å². The summed E-state index contributed by atoms with van der Waals surface area (Å²) in [4.78, 5) is 31.1. The van der Waals surface area contributed by atoms with E-state index in [2.05, 4.69) is 10.4 Å². The van der Waals surface area contributed by atoms with Crippen LogP contribution in [-0.4, -0.2) is 28.7 Å². The summed E-state index contributed by atoms with van der Waals surface area (Å²) in [7, 11) is 0. The number of fused-ring (bicyclic) bond motifs is 1. The Kier molecular flexibility index (Phi) is 6.04. The fourth-order valence-corrected chi connectivity index (χ4v) is 3.10. The van der Waals surface area contributed by atoms with Crippen molar-refractivity contribution in [2.45, 2.75) is 20.3 Å². The Labute approximate surface area is 168 Å². The van der Waals surface area contributed by atoms with Crippen LogP contribution < -0.4 is 15.9 Å². The molecule has 1 aromatic heterocycles. The lowest BCUT2D eigenvalue weighted by Gasteiger charge is -2.24. The highest BCUT2D eigenvalue weighted by molar-refractivity contribution is 5.87. The largest absolute Gasteiger partial charge is 0.341 e. The van der Waals surface area contributed by atoms with Gasteiger partial charge in [0, 0.05) is 31.3 Å². The molecule has 0 spiro atoms. The molecule has 30 heavy (non-hydrogen) atoms. The summed E-state index contributed by atoms with van der Waals surface area (Å²) < 4.78 is 55.4. The minimum Gasteiger partial charge on any atom is -0.341 e. The highest BCUT2D eigenvalue weighted by Gasteiger charge is 2.20. The van der Waals surface area contributed by atoms with Gasteiger partial charge < -0.3 is 4.90 Å². The monoisotopic (exact) mass is 422 g/mol. The van der Waals surface area contributed by atoms with Gasteiger partial charge in [-0.1, -0.05) is 0 Å². The first-order valence-electron chi connectivity index (χ1n) is 9.15. The molecule has 1 N–H and O–H groups in total. The standard InChI is InChI=1S/C20H18F4N4O2/c1-3-27(4-2)20-25-16-10-14(23)9-15(24)18(16)19(30)28(20)26-17(29)7-11-5-12(21)8-13(22)6-11/h5-6,8-10H,3-4,7H2,1-2H3,(H,26,29). The zero-order chi connectivity index (χ0) is 22.0. The molecule has 0 aliphatic carbocycles. The third-order valence-corrected chi connectivity index (χ3v) is 4.44. The van der Waals surface area contributed by atoms with Crippen LogP contribution in [0.3, 0.4) is 0 Å². The van der Waals surface area contributed by atoms with Gasteiger partial charge in [0.15, 0.2) is 0 Å². The quantitative estimate of drug-likeness (QED) is 0.620. The van der Waals surface area contributed by atoms with Crippen LogP contribution in [0.4, 0.5) is 23.5 Å². The first-order valence-corrected chi connectivity index (χ1v) is 9.15. The number of amides is 1. The van der Waals surface area contributed by atoms with E-state index < -0.39 is 46.5 Å². The van der Waals surface area contributed by atoms with E-state index in [0.29, 0.717) is 25.2 Å². The molecule has 3 aromatic rings. The minimum absolute atomic E-state index is 0.0266. The van der Waals surface area contributed by atoms with Crippen molar-refractivity contribution in [3.05, 3.63) is 69.5 Å². The second-order valence-electron chi connectivity index (χ2n) is 6.50. The molecule has 0 unspecified atom stereocenters. The van der Waals surface area contributed by atoms with Gasteiger partial charge in [-0.3, -0.25) is 15.0 Å². The lowest BCUT2D eigenvalue weighted by molar-refractivity contribution is -0.116. The summed E-state index contributed by atoms with van der Waals surface area (Å²) in [6, 6.07) is 4.11. The normalized spacial score (nSPS) is 11.0. The van der Waals surface area contributed by atoms with Gasteiger partial charge in [-0.05, 0) is 31.5 Å². The van der Waals surface area contributed by atoms with Crippen molar-refractivity contribution in [3.8, 4) is 0 Å². The molecule has 0 aliphatic rings. The molecular weight excluding hydrogens is 404 g/mol. The van der Waals surface area contributed by atoms with Crippen molar-refractivity contribution in [2.24, 2.45) is 0 Å². The number of anilines is 1. The zero-order valence-electron chi connectivity index (χ0n) is 16.2. The Hall–Kier alpha value is -3.43. The summed E-state index contributed by atoms with van der Waals surface area (Å²) in [5.74, 6) is -4.53. The van der Waals surface area contributed by atoms with Crippen molar-refractivity contribution < 1.29 is 22.4 Å². The summed E-state index contributed by atoms with van der Waals surface area (Å²) in [5, 5.41) is -0.496. The molecule has 0 fully saturated rings. The van der Waals surface area contributed by atoms with E-state index in [-0.39, 0.29) is 17.0 Å². The number of hydrogen-bond donors (Lipinski definition) is 1. The van der Waals surface area contributed by atoms with Crippen molar-refractivity contribution in [1.82, 2.24) is 9.66 Å². The predicted molar refractivity (Wildman–Crippen MR) is 104 cm³/mol. The molecule has 0 radical (unpaired) electrons. The minimum atomic E-state index is -1.12. The van der Waals surface area contributed by atoms with E-state index in [0.717, 1.165) is 22.9 Å². The number of carbonyl (C=O) groups excluding carboxylic acids is 1. The van der Waals surface area contributed by atoms with Crippen molar-refractivity contribution in [2.75, 3.05) is 23.4 Å². The molecule has 0 bridgehead atoms. The number of halogens is 4. The van der Waals surface area contributed by atoms with Gasteiger partial charge >= 0.3 is 0 Å². The summed E-state index contributed by atoms with van der Waals surface area (Å²) >= 11 is 0. The average Bonchev–Trinajstić information content (AvgIpc) is 2.64. The maximum absolute atomic E-state index is 14.3. The summed E-state index contributed by atoms with van der Waals surface area (Å²) in [6.45, 7) is 4.32.